The van der Waals surface area contributed by atoms with E-state index in [1.54, 1.807) is 11.3 Å². The van der Waals surface area contributed by atoms with Gasteiger partial charge in [-0.25, -0.2) is 0 Å². The number of Topliss-reactive ketones (excluding diaryl/α,β-unsaturated/α-hetero) is 1. The first-order valence-electron chi connectivity index (χ1n) is 6.91. The normalized spacial score (nSPS) is 10.8. The van der Waals surface area contributed by atoms with Gasteiger partial charge in [0, 0.05) is 11.5 Å². The number of aryl methyl sites for hydroxylation is 1. The zero-order valence-corrected chi connectivity index (χ0v) is 12.4. The molecule has 0 amide bonds. The fourth-order valence-electron chi connectivity index (χ4n) is 1.80. The molecule has 1 rings (SSSR count). The third-order valence-corrected chi connectivity index (χ3v) is 3.93. The Morgan fingerprint density at radius 2 is 1.89 bits per heavy atom. The molecule has 0 spiro atoms. The summed E-state index contributed by atoms with van der Waals surface area (Å²) in [7, 11) is 0. The molecule has 18 heavy (non-hydrogen) atoms. The number of hydrogen-bond donors (Lipinski definition) is 0. The van der Waals surface area contributed by atoms with Gasteiger partial charge in [-0.05, 0) is 25.5 Å². The highest BCUT2D eigenvalue weighted by Gasteiger charge is 2.07. The second-order valence-electron chi connectivity index (χ2n) is 4.65. The number of rotatable bonds is 10. The summed E-state index contributed by atoms with van der Waals surface area (Å²) in [6.45, 7) is 5.18. The molecule has 0 bridgehead atoms. The predicted molar refractivity (Wildman–Crippen MR) is 77.6 cm³/mol. The van der Waals surface area contributed by atoms with Crippen LogP contribution in [0.25, 0.3) is 0 Å². The maximum atomic E-state index is 11.7. The number of ether oxygens (including phenoxy) is 1. The van der Waals surface area contributed by atoms with E-state index in [1.807, 2.05) is 19.1 Å². The highest BCUT2D eigenvalue weighted by molar-refractivity contribution is 7.14. The molecule has 2 nitrogen and oxygen atoms in total. The smallest absolute Gasteiger partial charge is 0.198 e. The summed E-state index contributed by atoms with van der Waals surface area (Å²) in [6, 6.07) is 3.86. The Kier molecular flexibility index (Phi) is 7.94. The summed E-state index contributed by atoms with van der Waals surface area (Å²) in [4.78, 5) is 13.7. The van der Waals surface area contributed by atoms with Crippen LogP contribution in [-0.4, -0.2) is 19.0 Å². The second kappa shape index (κ2) is 9.29. The minimum Gasteiger partial charge on any atom is -0.373 e. The van der Waals surface area contributed by atoms with Gasteiger partial charge in [0.25, 0.3) is 0 Å². The topological polar surface area (TPSA) is 26.3 Å². The van der Waals surface area contributed by atoms with Crippen molar-refractivity contribution in [2.75, 3.05) is 13.2 Å². The van der Waals surface area contributed by atoms with E-state index in [4.69, 9.17) is 4.74 Å². The van der Waals surface area contributed by atoms with Crippen LogP contribution >= 0.6 is 11.3 Å². The molecule has 102 valence electrons. The SMILES string of the molecule is CCCCCCCCOCC(=O)c1ccc(C)s1. The predicted octanol–water partition coefficient (Wildman–Crippen LogP) is 4.62. The molecule has 1 aromatic rings. The van der Waals surface area contributed by atoms with Gasteiger partial charge in [0.1, 0.15) is 6.61 Å². The number of carbonyl (C=O) groups is 1. The molecule has 0 unspecified atom stereocenters. The summed E-state index contributed by atoms with van der Waals surface area (Å²) < 4.78 is 5.42. The molecule has 0 N–H and O–H groups in total. The van der Waals surface area contributed by atoms with Gasteiger partial charge in [-0.15, -0.1) is 11.3 Å². The molecule has 0 radical (unpaired) electrons. The van der Waals surface area contributed by atoms with Gasteiger partial charge in [-0.1, -0.05) is 39.0 Å². The quantitative estimate of drug-likeness (QED) is 0.457. The van der Waals surface area contributed by atoms with Crippen molar-refractivity contribution in [1.82, 2.24) is 0 Å². The summed E-state index contributed by atoms with van der Waals surface area (Å²) in [5.74, 6) is 0.110. The average molecular weight is 268 g/mol. The van der Waals surface area contributed by atoms with Crippen LogP contribution in [0.4, 0.5) is 0 Å². The van der Waals surface area contributed by atoms with Gasteiger partial charge >= 0.3 is 0 Å². The first-order valence-corrected chi connectivity index (χ1v) is 7.73. The molecular weight excluding hydrogens is 244 g/mol. The van der Waals surface area contributed by atoms with E-state index >= 15 is 0 Å². The van der Waals surface area contributed by atoms with Crippen LogP contribution in [0.3, 0.4) is 0 Å². The molecule has 0 aliphatic carbocycles. The molecular formula is C15H24O2S. The van der Waals surface area contributed by atoms with Crippen LogP contribution in [0.2, 0.25) is 0 Å². The lowest BCUT2D eigenvalue weighted by Crippen LogP contribution is -2.08. The third-order valence-electron chi connectivity index (χ3n) is 2.89. The lowest BCUT2D eigenvalue weighted by Gasteiger charge is -2.02. The molecule has 0 aromatic carbocycles. The maximum absolute atomic E-state index is 11.7. The summed E-state index contributed by atoms with van der Waals surface area (Å²) in [5.41, 5.74) is 0. The van der Waals surface area contributed by atoms with Crippen molar-refractivity contribution >= 4 is 17.1 Å². The third kappa shape index (κ3) is 6.31. The Hall–Kier alpha value is -0.670. The molecule has 0 aliphatic rings. The van der Waals surface area contributed by atoms with Gasteiger partial charge in [-0.2, -0.15) is 0 Å². The van der Waals surface area contributed by atoms with E-state index < -0.39 is 0 Å². The summed E-state index contributed by atoms with van der Waals surface area (Å²) in [6.07, 6.45) is 7.51. The number of carbonyl (C=O) groups excluding carboxylic acids is 1. The molecule has 0 saturated carbocycles. The largest absolute Gasteiger partial charge is 0.373 e. The zero-order chi connectivity index (χ0) is 13.2. The van der Waals surface area contributed by atoms with E-state index in [9.17, 15) is 4.79 Å². The van der Waals surface area contributed by atoms with Crippen molar-refractivity contribution in [1.29, 1.82) is 0 Å². The van der Waals surface area contributed by atoms with Gasteiger partial charge in [-0.3, -0.25) is 4.79 Å². The van der Waals surface area contributed by atoms with Crippen molar-refractivity contribution in [3.8, 4) is 0 Å². The van der Waals surface area contributed by atoms with E-state index in [-0.39, 0.29) is 12.4 Å². The molecule has 0 aliphatic heterocycles. The van der Waals surface area contributed by atoms with Gasteiger partial charge < -0.3 is 4.74 Å². The van der Waals surface area contributed by atoms with Gasteiger partial charge in [0.2, 0.25) is 0 Å². The molecule has 1 heterocycles. The maximum Gasteiger partial charge on any atom is 0.198 e. The number of ketones is 1. The second-order valence-corrected chi connectivity index (χ2v) is 5.94. The fraction of sp³-hybridized carbons (Fsp3) is 0.667. The standard InChI is InChI=1S/C15H24O2S/c1-3-4-5-6-7-8-11-17-12-14(16)15-10-9-13(2)18-15/h9-10H,3-8,11-12H2,1-2H3. The highest BCUT2D eigenvalue weighted by atomic mass is 32.1. The van der Waals surface area contributed by atoms with E-state index in [0.29, 0.717) is 6.61 Å². The number of hydrogen-bond acceptors (Lipinski definition) is 3. The van der Waals surface area contributed by atoms with Crippen LogP contribution in [0.15, 0.2) is 12.1 Å². The first kappa shape index (κ1) is 15.4. The Labute approximate surface area is 114 Å². The monoisotopic (exact) mass is 268 g/mol. The Bertz CT molecular complexity index is 344. The van der Waals surface area contributed by atoms with Crippen LogP contribution < -0.4 is 0 Å². The van der Waals surface area contributed by atoms with Crippen LogP contribution in [0.1, 0.15) is 60.0 Å². The number of unbranched alkanes of at least 4 members (excludes halogenated alkanes) is 5. The van der Waals surface area contributed by atoms with E-state index in [1.165, 1.54) is 37.0 Å². The van der Waals surface area contributed by atoms with Gasteiger partial charge in [0.15, 0.2) is 5.78 Å². The summed E-state index contributed by atoms with van der Waals surface area (Å²) in [5, 5.41) is 0. The van der Waals surface area contributed by atoms with Crippen molar-refractivity contribution < 1.29 is 9.53 Å². The fourth-order valence-corrected chi connectivity index (χ4v) is 2.60. The van der Waals surface area contributed by atoms with Crippen LogP contribution in [0, 0.1) is 6.92 Å². The van der Waals surface area contributed by atoms with Crippen molar-refractivity contribution in [2.45, 2.75) is 52.4 Å². The van der Waals surface area contributed by atoms with Crippen molar-refractivity contribution in [2.24, 2.45) is 0 Å². The van der Waals surface area contributed by atoms with Gasteiger partial charge in [0.05, 0.1) is 4.88 Å². The van der Waals surface area contributed by atoms with Crippen LogP contribution in [0.5, 0.6) is 0 Å². The Morgan fingerprint density at radius 1 is 1.17 bits per heavy atom. The molecule has 0 atom stereocenters. The highest BCUT2D eigenvalue weighted by Crippen LogP contribution is 2.15. The summed E-state index contributed by atoms with van der Waals surface area (Å²) >= 11 is 1.54. The van der Waals surface area contributed by atoms with Crippen molar-refractivity contribution in [3.63, 3.8) is 0 Å². The van der Waals surface area contributed by atoms with E-state index in [0.717, 1.165) is 11.3 Å². The Balaban J connectivity index is 1.99. The average Bonchev–Trinajstić information content (AvgIpc) is 2.79. The van der Waals surface area contributed by atoms with Crippen molar-refractivity contribution in [3.05, 3.63) is 21.9 Å². The minimum absolute atomic E-state index is 0.110. The minimum atomic E-state index is 0.110. The molecule has 3 heteroatoms. The Morgan fingerprint density at radius 3 is 2.56 bits per heavy atom. The molecule has 0 fully saturated rings. The lowest BCUT2D eigenvalue weighted by molar-refractivity contribution is 0.0756. The zero-order valence-electron chi connectivity index (χ0n) is 11.5. The van der Waals surface area contributed by atoms with Crippen LogP contribution in [-0.2, 0) is 4.74 Å². The molecule has 1 aromatic heterocycles. The number of thiophene rings is 1. The van der Waals surface area contributed by atoms with E-state index in [2.05, 4.69) is 6.92 Å². The first-order chi connectivity index (χ1) is 8.74. The lowest BCUT2D eigenvalue weighted by atomic mass is 10.1. The molecule has 0 saturated heterocycles.